The van der Waals surface area contributed by atoms with E-state index in [0.29, 0.717) is 0 Å². The van der Waals surface area contributed by atoms with Crippen molar-refractivity contribution in [3.8, 4) is 0 Å². The molecule has 0 saturated heterocycles. The Bertz CT molecular complexity index is 551. The second kappa shape index (κ2) is 3.54. The summed E-state index contributed by atoms with van der Waals surface area (Å²) in [5, 5.41) is 1.76. The monoisotopic (exact) mass is 228 g/mol. The molecule has 1 heterocycles. The fourth-order valence-electron chi connectivity index (χ4n) is 1.89. The van der Waals surface area contributed by atoms with Crippen LogP contribution in [-0.2, 0) is 0 Å². The van der Waals surface area contributed by atoms with Crippen molar-refractivity contribution in [2.45, 2.75) is 16.7 Å². The largest absolute Gasteiger partial charge is 0.277 e. The second-order valence-electron chi connectivity index (χ2n) is 3.91. The molecule has 2 nitrogen and oxygen atoms in total. The quantitative estimate of drug-likeness (QED) is 0.700. The number of para-hydroxylation sites is 1. The van der Waals surface area contributed by atoms with Gasteiger partial charge >= 0.3 is 0 Å². The molecule has 0 atom stereocenters. The number of aryl methyl sites for hydroxylation is 1. The number of nitrogens with two attached hydrogens (primary N) is 1. The minimum absolute atomic E-state index is 1.07. The lowest BCUT2D eigenvalue weighted by molar-refractivity contribution is 1.02. The molecule has 2 aromatic rings. The summed E-state index contributed by atoms with van der Waals surface area (Å²) in [6.07, 6.45) is 0. The molecule has 80 valence electrons. The Hall–Kier alpha value is -1.45. The van der Waals surface area contributed by atoms with Crippen LogP contribution >= 0.6 is 11.8 Å². The summed E-state index contributed by atoms with van der Waals surface area (Å²) >= 11 is 1.78. The Kier molecular flexibility index (Phi) is 2.16. The van der Waals surface area contributed by atoms with E-state index in [1.54, 1.807) is 16.8 Å². The Morgan fingerprint density at radius 1 is 1.00 bits per heavy atom. The third-order valence-electron chi connectivity index (χ3n) is 2.72. The predicted molar refractivity (Wildman–Crippen MR) is 68.1 cm³/mol. The van der Waals surface area contributed by atoms with Gasteiger partial charge < -0.3 is 0 Å². The van der Waals surface area contributed by atoms with E-state index in [0.717, 1.165) is 11.4 Å². The van der Waals surface area contributed by atoms with Crippen LogP contribution in [0.15, 0.2) is 52.3 Å². The molecule has 16 heavy (non-hydrogen) atoms. The smallest absolute Gasteiger partial charge is 0.0715 e. The molecule has 3 heteroatoms. The Balaban J connectivity index is 2.18. The molecule has 0 aromatic heterocycles. The highest BCUT2D eigenvalue weighted by atomic mass is 32.2. The van der Waals surface area contributed by atoms with Gasteiger partial charge in [-0.15, -0.1) is 0 Å². The van der Waals surface area contributed by atoms with Crippen molar-refractivity contribution < 1.29 is 0 Å². The fraction of sp³-hybridized carbons (Fsp3) is 0.0769. The normalized spacial score (nSPS) is 13.2. The Labute approximate surface area is 99.0 Å². The summed E-state index contributed by atoms with van der Waals surface area (Å²) in [5.41, 5.74) is 3.41. The van der Waals surface area contributed by atoms with Crippen LogP contribution in [0.1, 0.15) is 5.56 Å². The molecule has 0 spiro atoms. The van der Waals surface area contributed by atoms with E-state index in [9.17, 15) is 0 Å². The third-order valence-corrected chi connectivity index (χ3v) is 3.83. The average Bonchev–Trinajstić information content (AvgIpc) is 2.29. The van der Waals surface area contributed by atoms with Gasteiger partial charge in [0.2, 0.25) is 0 Å². The van der Waals surface area contributed by atoms with E-state index >= 15 is 0 Å². The highest BCUT2D eigenvalue weighted by Gasteiger charge is 2.20. The summed E-state index contributed by atoms with van der Waals surface area (Å²) in [6, 6.07) is 14.5. The number of hydrogen-bond donors (Lipinski definition) is 1. The molecule has 0 bridgehead atoms. The third kappa shape index (κ3) is 1.40. The van der Waals surface area contributed by atoms with E-state index < -0.39 is 0 Å². The van der Waals surface area contributed by atoms with Crippen molar-refractivity contribution >= 4 is 23.1 Å². The van der Waals surface area contributed by atoms with Crippen LogP contribution < -0.4 is 10.9 Å². The molecule has 0 amide bonds. The second-order valence-corrected chi connectivity index (χ2v) is 4.99. The van der Waals surface area contributed by atoms with E-state index in [1.807, 2.05) is 18.2 Å². The number of rotatable bonds is 0. The molecule has 1 aliphatic heterocycles. The van der Waals surface area contributed by atoms with Crippen molar-refractivity contribution in [3.05, 3.63) is 48.0 Å². The van der Waals surface area contributed by atoms with Crippen molar-refractivity contribution in [3.63, 3.8) is 0 Å². The van der Waals surface area contributed by atoms with Gasteiger partial charge in [-0.3, -0.25) is 5.01 Å². The van der Waals surface area contributed by atoms with E-state index in [4.69, 9.17) is 5.84 Å². The summed E-state index contributed by atoms with van der Waals surface area (Å²) < 4.78 is 0. The van der Waals surface area contributed by atoms with Crippen LogP contribution in [-0.4, -0.2) is 0 Å². The molecule has 1 aliphatic rings. The van der Waals surface area contributed by atoms with Crippen molar-refractivity contribution in [2.24, 2.45) is 5.84 Å². The molecular weight excluding hydrogens is 216 g/mol. The lowest BCUT2D eigenvalue weighted by atomic mass is 10.2. The number of hydrogen-bond acceptors (Lipinski definition) is 3. The lowest BCUT2D eigenvalue weighted by Crippen LogP contribution is -2.27. The van der Waals surface area contributed by atoms with E-state index in [-0.39, 0.29) is 0 Å². The van der Waals surface area contributed by atoms with Crippen molar-refractivity contribution in [2.75, 3.05) is 5.01 Å². The highest BCUT2D eigenvalue weighted by Crippen LogP contribution is 2.46. The van der Waals surface area contributed by atoms with Gasteiger partial charge in [-0.05, 0) is 36.8 Å². The topological polar surface area (TPSA) is 29.3 Å². The molecule has 0 aliphatic carbocycles. The summed E-state index contributed by atoms with van der Waals surface area (Å²) in [6.45, 7) is 2.10. The van der Waals surface area contributed by atoms with Crippen molar-refractivity contribution in [1.29, 1.82) is 0 Å². The maximum atomic E-state index is 6.13. The lowest BCUT2D eigenvalue weighted by Gasteiger charge is -2.28. The van der Waals surface area contributed by atoms with E-state index in [2.05, 4.69) is 31.2 Å². The fourth-order valence-corrected chi connectivity index (χ4v) is 3.06. The van der Waals surface area contributed by atoms with Gasteiger partial charge in [0.15, 0.2) is 0 Å². The molecule has 2 N–H and O–H groups in total. The zero-order valence-corrected chi connectivity index (χ0v) is 9.79. The van der Waals surface area contributed by atoms with Gasteiger partial charge in [-0.1, -0.05) is 30.0 Å². The van der Waals surface area contributed by atoms with Crippen molar-refractivity contribution in [1.82, 2.24) is 0 Å². The number of nitrogens with zero attached hydrogens (tertiary/aromatic N) is 1. The molecule has 0 radical (unpaired) electrons. The Morgan fingerprint density at radius 2 is 1.75 bits per heavy atom. The standard InChI is InChI=1S/C13H12N2S/c1-9-6-7-11-13(8-9)16-12-5-3-2-4-10(12)15(11)14/h2-8H,14H2,1H3. The van der Waals surface area contributed by atoms with Gasteiger partial charge in [0.05, 0.1) is 11.4 Å². The van der Waals surface area contributed by atoms with Crippen LogP contribution in [0, 0.1) is 6.92 Å². The number of anilines is 2. The zero-order chi connectivity index (χ0) is 11.1. The molecule has 0 saturated carbocycles. The Morgan fingerprint density at radius 3 is 2.62 bits per heavy atom. The summed E-state index contributed by atoms with van der Waals surface area (Å²) in [7, 11) is 0. The van der Waals surface area contributed by atoms with Crippen LogP contribution in [0.4, 0.5) is 11.4 Å². The van der Waals surface area contributed by atoms with Crippen LogP contribution in [0.25, 0.3) is 0 Å². The summed E-state index contributed by atoms with van der Waals surface area (Å²) in [4.78, 5) is 2.43. The zero-order valence-electron chi connectivity index (χ0n) is 8.97. The summed E-state index contributed by atoms with van der Waals surface area (Å²) in [5.74, 6) is 6.13. The van der Waals surface area contributed by atoms with Gasteiger partial charge in [-0.25, -0.2) is 5.84 Å². The van der Waals surface area contributed by atoms with Gasteiger partial charge in [0.25, 0.3) is 0 Å². The van der Waals surface area contributed by atoms with Gasteiger partial charge in [-0.2, -0.15) is 0 Å². The molecule has 3 rings (SSSR count). The minimum atomic E-state index is 1.07. The first kappa shape index (κ1) is 9.75. The van der Waals surface area contributed by atoms with Gasteiger partial charge in [0.1, 0.15) is 0 Å². The predicted octanol–water partition coefficient (Wildman–Crippen LogP) is 3.47. The van der Waals surface area contributed by atoms with Gasteiger partial charge in [0, 0.05) is 9.79 Å². The maximum absolute atomic E-state index is 6.13. The first-order valence-electron chi connectivity index (χ1n) is 5.18. The minimum Gasteiger partial charge on any atom is -0.277 e. The maximum Gasteiger partial charge on any atom is 0.0715 e. The van der Waals surface area contributed by atoms with Crippen LogP contribution in [0.3, 0.4) is 0 Å². The first-order valence-corrected chi connectivity index (χ1v) is 6.00. The molecule has 0 unspecified atom stereocenters. The number of fused-ring (bicyclic) bond motifs is 2. The van der Waals surface area contributed by atoms with Crippen LogP contribution in [0.5, 0.6) is 0 Å². The number of benzene rings is 2. The van der Waals surface area contributed by atoms with Crippen LogP contribution in [0.2, 0.25) is 0 Å². The molecular formula is C13H12N2S. The molecule has 0 fully saturated rings. The molecule has 2 aromatic carbocycles. The SMILES string of the molecule is Cc1ccc2c(c1)Sc1ccccc1N2N. The highest BCUT2D eigenvalue weighted by molar-refractivity contribution is 7.99. The average molecular weight is 228 g/mol. The van der Waals surface area contributed by atoms with E-state index in [1.165, 1.54) is 15.4 Å². The first-order chi connectivity index (χ1) is 7.75. The number of hydrazine groups is 1.